The van der Waals surface area contributed by atoms with Crippen molar-refractivity contribution in [3.8, 4) is 17.2 Å². The van der Waals surface area contributed by atoms with Gasteiger partial charge in [0.1, 0.15) is 5.82 Å². The molecule has 1 amide bonds. The van der Waals surface area contributed by atoms with E-state index in [9.17, 15) is 4.79 Å². The maximum absolute atomic E-state index is 12.8. The fraction of sp³-hybridized carbons (Fsp3) is 0.273. The summed E-state index contributed by atoms with van der Waals surface area (Å²) in [7, 11) is 3.26. The van der Waals surface area contributed by atoms with Crippen molar-refractivity contribution >= 4 is 23.5 Å². The minimum Gasteiger partial charge on any atom is -0.493 e. The average Bonchev–Trinajstić information content (AvgIpc) is 3.00. The molecule has 1 aliphatic rings. The lowest BCUT2D eigenvalue weighted by Gasteiger charge is -2.21. The number of nitrogens with one attached hydrogen (secondary N) is 1. The van der Waals surface area contributed by atoms with Crippen LogP contribution in [0.1, 0.15) is 29.0 Å². The minimum atomic E-state index is -0.244. The third-order valence-corrected chi connectivity index (χ3v) is 6.42. The van der Waals surface area contributed by atoms with Gasteiger partial charge >= 0.3 is 0 Å². The molecule has 1 aromatic heterocycles. The monoisotopic (exact) mass is 409 g/mol. The molecule has 2 atom stereocenters. The molecule has 1 N–H and O–H groups in total. The maximum atomic E-state index is 12.8. The molecule has 6 nitrogen and oxygen atoms in total. The first-order valence-corrected chi connectivity index (χ1v) is 10.3. The first-order chi connectivity index (χ1) is 14.0. The zero-order valence-electron chi connectivity index (χ0n) is 16.8. The summed E-state index contributed by atoms with van der Waals surface area (Å²) in [5, 5.41) is 7.47. The Bertz CT molecular complexity index is 1050. The molecule has 4 rings (SSSR count). The fourth-order valence-corrected chi connectivity index (χ4v) is 4.97. The molecule has 0 radical (unpaired) electrons. The first-order valence-electron chi connectivity index (χ1n) is 9.37. The number of aryl methyl sites for hydroxylation is 1. The van der Waals surface area contributed by atoms with Crippen LogP contribution in [-0.2, 0) is 4.79 Å². The number of rotatable bonds is 4. The van der Waals surface area contributed by atoms with E-state index in [1.165, 1.54) is 0 Å². The Morgan fingerprint density at radius 2 is 1.83 bits per heavy atom. The molecule has 0 bridgehead atoms. The second-order valence-corrected chi connectivity index (χ2v) is 8.28. The van der Waals surface area contributed by atoms with Gasteiger partial charge in [0.25, 0.3) is 0 Å². The lowest BCUT2D eigenvalue weighted by atomic mass is 10.0. The van der Waals surface area contributed by atoms with Crippen LogP contribution in [0.2, 0.25) is 0 Å². The van der Waals surface area contributed by atoms with Gasteiger partial charge in [0, 0.05) is 11.1 Å². The molecule has 0 spiro atoms. The van der Waals surface area contributed by atoms with Crippen molar-refractivity contribution in [3.05, 3.63) is 65.4 Å². The zero-order chi connectivity index (χ0) is 20.5. The Balaban J connectivity index is 1.95. The summed E-state index contributed by atoms with van der Waals surface area (Å²) < 4.78 is 13.0. The van der Waals surface area contributed by atoms with Crippen LogP contribution in [0.25, 0.3) is 5.69 Å². The summed E-state index contributed by atoms with van der Waals surface area (Å²) in [5.41, 5.74) is 3.69. The Morgan fingerprint density at radius 3 is 2.52 bits per heavy atom. The Hall–Kier alpha value is -2.93. The van der Waals surface area contributed by atoms with Gasteiger partial charge in [-0.15, -0.1) is 11.8 Å². The van der Waals surface area contributed by atoms with Gasteiger partial charge in [0.15, 0.2) is 11.5 Å². The van der Waals surface area contributed by atoms with E-state index in [1.54, 1.807) is 30.7 Å². The van der Waals surface area contributed by atoms with Crippen LogP contribution in [-0.4, -0.2) is 35.2 Å². The Labute approximate surface area is 174 Å². The number of benzene rings is 2. The SMILES string of the molecule is COc1cccc([C@@H]2S[C@H](C)C(=O)Nc3c2c(C)nn3-c2ccccc2)c1OC. The predicted molar refractivity (Wildman–Crippen MR) is 115 cm³/mol. The number of carbonyl (C=O) groups is 1. The highest BCUT2D eigenvalue weighted by Gasteiger charge is 2.35. The van der Waals surface area contributed by atoms with Gasteiger partial charge in [-0.05, 0) is 32.0 Å². The van der Waals surface area contributed by atoms with E-state index in [1.807, 2.05) is 62.4 Å². The van der Waals surface area contributed by atoms with Crippen molar-refractivity contribution in [1.29, 1.82) is 0 Å². The quantitative estimate of drug-likeness (QED) is 0.694. The number of para-hydroxylation sites is 2. The summed E-state index contributed by atoms with van der Waals surface area (Å²) in [5.74, 6) is 1.99. The highest BCUT2D eigenvalue weighted by molar-refractivity contribution is 8.01. The van der Waals surface area contributed by atoms with E-state index in [0.29, 0.717) is 17.3 Å². The van der Waals surface area contributed by atoms with Crippen molar-refractivity contribution in [3.63, 3.8) is 0 Å². The van der Waals surface area contributed by atoms with Gasteiger partial charge in [-0.25, -0.2) is 4.68 Å². The van der Waals surface area contributed by atoms with Crippen molar-refractivity contribution < 1.29 is 14.3 Å². The van der Waals surface area contributed by atoms with Crippen LogP contribution >= 0.6 is 11.8 Å². The third-order valence-electron chi connectivity index (χ3n) is 5.04. The molecule has 0 fully saturated rings. The number of nitrogens with zero attached hydrogens (tertiary/aromatic N) is 2. The summed E-state index contributed by atoms with van der Waals surface area (Å²) in [6, 6.07) is 15.7. The highest BCUT2D eigenvalue weighted by atomic mass is 32.2. The molecular weight excluding hydrogens is 386 g/mol. The fourth-order valence-electron chi connectivity index (χ4n) is 3.63. The number of carbonyl (C=O) groups excluding carboxylic acids is 1. The van der Waals surface area contributed by atoms with Gasteiger partial charge in [0.05, 0.1) is 36.1 Å². The molecule has 3 aromatic rings. The van der Waals surface area contributed by atoms with Crippen LogP contribution in [0.15, 0.2) is 48.5 Å². The Morgan fingerprint density at radius 1 is 1.07 bits per heavy atom. The zero-order valence-corrected chi connectivity index (χ0v) is 17.6. The molecule has 0 aliphatic carbocycles. The first kappa shape index (κ1) is 19.4. The van der Waals surface area contributed by atoms with Crippen molar-refractivity contribution in [2.45, 2.75) is 24.3 Å². The highest BCUT2D eigenvalue weighted by Crippen LogP contribution is 2.50. The number of amides is 1. The number of methoxy groups -OCH3 is 2. The standard InChI is InChI=1S/C22H23N3O3S/c1-13-18-20(16-11-8-12-17(27-3)19(16)28-4)29-14(2)22(26)23-21(18)25(24-13)15-9-6-5-7-10-15/h5-12,14,20H,1-4H3,(H,23,26)/t14-,20+/m1/s1. The van der Waals surface area contributed by atoms with Gasteiger partial charge in [0.2, 0.25) is 5.91 Å². The molecule has 2 aromatic carbocycles. The number of fused-ring (bicyclic) bond motifs is 1. The lowest BCUT2D eigenvalue weighted by molar-refractivity contribution is -0.115. The number of anilines is 1. The Kier molecular flexibility index (Phi) is 5.24. The van der Waals surface area contributed by atoms with Crippen LogP contribution in [0.4, 0.5) is 5.82 Å². The molecular formula is C22H23N3O3S. The predicted octanol–water partition coefficient (Wildman–Crippen LogP) is 4.36. The van der Waals surface area contributed by atoms with Crippen LogP contribution < -0.4 is 14.8 Å². The number of ether oxygens (including phenoxy) is 2. The van der Waals surface area contributed by atoms with Gasteiger partial charge < -0.3 is 14.8 Å². The van der Waals surface area contributed by atoms with E-state index in [2.05, 4.69) is 5.32 Å². The van der Waals surface area contributed by atoms with E-state index < -0.39 is 0 Å². The molecule has 2 heterocycles. The van der Waals surface area contributed by atoms with Crippen LogP contribution in [0.5, 0.6) is 11.5 Å². The van der Waals surface area contributed by atoms with Crippen molar-refractivity contribution in [2.24, 2.45) is 0 Å². The second kappa shape index (κ2) is 7.83. The summed E-state index contributed by atoms with van der Waals surface area (Å²) in [6.07, 6.45) is 0. The second-order valence-electron chi connectivity index (χ2n) is 6.83. The number of aromatic nitrogens is 2. The van der Waals surface area contributed by atoms with Gasteiger partial charge in [-0.3, -0.25) is 4.79 Å². The van der Waals surface area contributed by atoms with E-state index >= 15 is 0 Å². The summed E-state index contributed by atoms with van der Waals surface area (Å²) in [6.45, 7) is 3.89. The average molecular weight is 410 g/mol. The molecule has 150 valence electrons. The van der Waals surface area contributed by atoms with Gasteiger partial charge in [-0.1, -0.05) is 30.3 Å². The molecule has 0 unspecified atom stereocenters. The maximum Gasteiger partial charge on any atom is 0.238 e. The topological polar surface area (TPSA) is 65.4 Å². The van der Waals surface area contributed by atoms with Crippen molar-refractivity contribution in [1.82, 2.24) is 9.78 Å². The molecule has 29 heavy (non-hydrogen) atoms. The van der Waals surface area contributed by atoms with E-state index in [0.717, 1.165) is 22.5 Å². The van der Waals surface area contributed by atoms with Gasteiger partial charge in [-0.2, -0.15) is 5.10 Å². The molecule has 7 heteroatoms. The smallest absolute Gasteiger partial charge is 0.238 e. The van der Waals surface area contributed by atoms with Crippen LogP contribution in [0.3, 0.4) is 0 Å². The van der Waals surface area contributed by atoms with E-state index in [4.69, 9.17) is 14.6 Å². The minimum absolute atomic E-state index is 0.0438. The van der Waals surface area contributed by atoms with Crippen LogP contribution in [0, 0.1) is 6.92 Å². The van der Waals surface area contributed by atoms with E-state index in [-0.39, 0.29) is 16.4 Å². The number of hydrogen-bond donors (Lipinski definition) is 1. The summed E-state index contributed by atoms with van der Waals surface area (Å²) in [4.78, 5) is 12.8. The largest absolute Gasteiger partial charge is 0.493 e. The molecule has 0 saturated carbocycles. The number of thioether (sulfide) groups is 1. The molecule has 0 saturated heterocycles. The number of hydrogen-bond acceptors (Lipinski definition) is 5. The van der Waals surface area contributed by atoms with Crippen molar-refractivity contribution in [2.75, 3.05) is 19.5 Å². The lowest BCUT2D eigenvalue weighted by Crippen LogP contribution is -2.22. The summed E-state index contributed by atoms with van der Waals surface area (Å²) >= 11 is 1.58. The molecule has 1 aliphatic heterocycles. The third kappa shape index (κ3) is 3.35. The normalized spacial score (nSPS) is 18.6.